The number of amides is 1. The molecule has 1 amide bonds. The van der Waals surface area contributed by atoms with Gasteiger partial charge in [-0.05, 0) is 22.3 Å². The van der Waals surface area contributed by atoms with E-state index < -0.39 is 31.3 Å². The first-order chi connectivity index (χ1) is 12.3. The molecule has 0 aromatic heterocycles. The van der Waals surface area contributed by atoms with E-state index in [9.17, 15) is 23.1 Å². The molecule has 0 saturated heterocycles. The van der Waals surface area contributed by atoms with E-state index >= 15 is 0 Å². The Bertz CT molecular complexity index is 746. The lowest BCUT2D eigenvalue weighted by atomic mass is 9.98. The largest absolute Gasteiger partial charge is 0.449 e. The van der Waals surface area contributed by atoms with Gasteiger partial charge in [-0.25, -0.2) is 4.79 Å². The third-order valence-corrected chi connectivity index (χ3v) is 4.29. The highest BCUT2D eigenvalue weighted by molar-refractivity contribution is 5.79. The van der Waals surface area contributed by atoms with Crippen LogP contribution < -0.4 is 5.32 Å². The molecule has 3 rings (SSSR count). The van der Waals surface area contributed by atoms with Gasteiger partial charge in [-0.2, -0.15) is 13.2 Å². The summed E-state index contributed by atoms with van der Waals surface area (Å²) in [5, 5.41) is 11.4. The molecule has 0 radical (unpaired) electrons. The zero-order valence-corrected chi connectivity index (χ0v) is 13.8. The predicted molar refractivity (Wildman–Crippen MR) is 89.8 cm³/mol. The molecule has 0 saturated carbocycles. The highest BCUT2D eigenvalue weighted by atomic mass is 19.4. The topological polar surface area (TPSA) is 58.6 Å². The van der Waals surface area contributed by atoms with Crippen molar-refractivity contribution in [3.63, 3.8) is 0 Å². The fraction of sp³-hybridized carbons (Fsp3) is 0.316. The molecule has 1 aliphatic rings. The fourth-order valence-electron chi connectivity index (χ4n) is 3.19. The number of fused-ring (bicyclic) bond motifs is 3. The number of benzene rings is 2. The van der Waals surface area contributed by atoms with Crippen LogP contribution in [0.3, 0.4) is 0 Å². The van der Waals surface area contributed by atoms with E-state index in [0.29, 0.717) is 0 Å². The van der Waals surface area contributed by atoms with Crippen molar-refractivity contribution in [2.75, 3.05) is 13.2 Å². The van der Waals surface area contributed by atoms with Crippen LogP contribution in [0.4, 0.5) is 18.0 Å². The minimum absolute atomic E-state index is 0.0647. The first kappa shape index (κ1) is 18.3. The second kappa shape index (κ2) is 7.37. The highest BCUT2D eigenvalue weighted by Crippen LogP contribution is 2.44. The first-order valence-electron chi connectivity index (χ1n) is 8.19. The molecule has 0 heterocycles. The van der Waals surface area contributed by atoms with Crippen molar-refractivity contribution in [1.29, 1.82) is 0 Å². The number of ether oxygens (including phenoxy) is 1. The van der Waals surface area contributed by atoms with Crippen LogP contribution in [-0.4, -0.2) is 36.6 Å². The molecular formula is C19H18F3NO3. The number of hydrogen-bond acceptors (Lipinski definition) is 3. The summed E-state index contributed by atoms with van der Waals surface area (Å²) in [7, 11) is 0. The Morgan fingerprint density at radius 2 is 1.62 bits per heavy atom. The number of carbonyl (C=O) groups is 1. The van der Waals surface area contributed by atoms with E-state index in [1.807, 2.05) is 48.5 Å². The number of aliphatic hydroxyl groups excluding tert-OH is 1. The van der Waals surface area contributed by atoms with Crippen molar-refractivity contribution >= 4 is 6.09 Å². The van der Waals surface area contributed by atoms with E-state index in [2.05, 4.69) is 5.32 Å². The van der Waals surface area contributed by atoms with Crippen LogP contribution in [0.1, 0.15) is 23.5 Å². The van der Waals surface area contributed by atoms with Crippen molar-refractivity contribution in [3.05, 3.63) is 59.7 Å². The van der Waals surface area contributed by atoms with E-state index in [0.717, 1.165) is 22.3 Å². The van der Waals surface area contributed by atoms with Crippen LogP contribution >= 0.6 is 0 Å². The Morgan fingerprint density at radius 3 is 2.15 bits per heavy atom. The third kappa shape index (κ3) is 4.16. The van der Waals surface area contributed by atoms with Crippen LogP contribution in [0.15, 0.2) is 48.5 Å². The summed E-state index contributed by atoms with van der Waals surface area (Å²) in [6, 6.07) is 15.6. The second-order valence-corrected chi connectivity index (χ2v) is 6.18. The van der Waals surface area contributed by atoms with Crippen LogP contribution in [0.25, 0.3) is 11.1 Å². The first-order valence-corrected chi connectivity index (χ1v) is 8.19. The number of alkyl carbamates (subject to hydrolysis) is 1. The summed E-state index contributed by atoms with van der Waals surface area (Å²) < 4.78 is 41.7. The molecule has 0 fully saturated rings. The quantitative estimate of drug-likeness (QED) is 0.847. The number of halogens is 3. The van der Waals surface area contributed by atoms with E-state index in [1.54, 1.807) is 0 Å². The number of carbonyl (C=O) groups excluding carboxylic acids is 1. The predicted octanol–water partition coefficient (Wildman–Crippen LogP) is 3.84. The molecule has 2 aromatic carbocycles. The summed E-state index contributed by atoms with van der Waals surface area (Å²) in [6.45, 7) is -0.453. The van der Waals surface area contributed by atoms with Gasteiger partial charge in [0, 0.05) is 12.5 Å². The maximum atomic E-state index is 12.2. The van der Waals surface area contributed by atoms with E-state index in [-0.39, 0.29) is 12.5 Å². The maximum Gasteiger partial charge on any atom is 0.407 e. The second-order valence-electron chi connectivity index (χ2n) is 6.18. The molecule has 1 atom stereocenters. The van der Waals surface area contributed by atoms with Gasteiger partial charge in [0.1, 0.15) is 6.61 Å². The number of rotatable bonds is 5. The van der Waals surface area contributed by atoms with Crippen LogP contribution in [0.2, 0.25) is 0 Å². The molecule has 1 aliphatic carbocycles. The van der Waals surface area contributed by atoms with Crippen LogP contribution in [-0.2, 0) is 4.74 Å². The Labute approximate surface area is 148 Å². The fourth-order valence-corrected chi connectivity index (χ4v) is 3.19. The minimum Gasteiger partial charge on any atom is -0.449 e. The van der Waals surface area contributed by atoms with Gasteiger partial charge in [-0.15, -0.1) is 0 Å². The molecule has 1 unspecified atom stereocenters. The van der Waals surface area contributed by atoms with Gasteiger partial charge in [0.15, 0.2) is 0 Å². The highest BCUT2D eigenvalue weighted by Gasteiger charge is 2.32. The van der Waals surface area contributed by atoms with Gasteiger partial charge in [-0.3, -0.25) is 0 Å². The molecule has 7 heteroatoms. The van der Waals surface area contributed by atoms with Gasteiger partial charge in [-0.1, -0.05) is 48.5 Å². The number of hydrogen-bond donors (Lipinski definition) is 2. The molecular weight excluding hydrogens is 347 g/mol. The SMILES string of the molecule is O=C(NCC(O)CC(F)(F)F)OCC1c2ccccc2-c2ccccc21. The number of nitrogens with one attached hydrogen (secondary N) is 1. The average Bonchev–Trinajstić information content (AvgIpc) is 2.91. The minimum atomic E-state index is -4.48. The Balaban J connectivity index is 1.59. The van der Waals surface area contributed by atoms with Crippen molar-refractivity contribution in [1.82, 2.24) is 5.32 Å². The molecule has 4 nitrogen and oxygen atoms in total. The summed E-state index contributed by atoms with van der Waals surface area (Å²) >= 11 is 0. The number of alkyl halides is 3. The van der Waals surface area contributed by atoms with Crippen molar-refractivity contribution < 1.29 is 27.8 Å². The van der Waals surface area contributed by atoms with Gasteiger partial charge < -0.3 is 15.2 Å². The normalized spacial score (nSPS) is 14.5. The molecule has 26 heavy (non-hydrogen) atoms. The summed E-state index contributed by atoms with van der Waals surface area (Å²) in [6.07, 6.45) is -8.41. The Hall–Kier alpha value is -2.54. The Kier molecular flexibility index (Phi) is 5.18. The van der Waals surface area contributed by atoms with E-state index in [1.165, 1.54) is 0 Å². The van der Waals surface area contributed by atoms with Crippen molar-refractivity contribution in [2.24, 2.45) is 0 Å². The van der Waals surface area contributed by atoms with Crippen molar-refractivity contribution in [2.45, 2.75) is 24.6 Å². The lowest BCUT2D eigenvalue weighted by Gasteiger charge is -2.16. The summed E-state index contributed by atoms with van der Waals surface area (Å²) in [4.78, 5) is 11.8. The zero-order chi connectivity index (χ0) is 18.7. The maximum absolute atomic E-state index is 12.2. The zero-order valence-electron chi connectivity index (χ0n) is 13.8. The van der Waals surface area contributed by atoms with Gasteiger partial charge in [0.2, 0.25) is 0 Å². The summed E-state index contributed by atoms with van der Waals surface area (Å²) in [5.41, 5.74) is 4.24. The van der Waals surface area contributed by atoms with Crippen molar-refractivity contribution in [3.8, 4) is 11.1 Å². The molecule has 2 N–H and O–H groups in total. The van der Waals surface area contributed by atoms with Gasteiger partial charge >= 0.3 is 12.3 Å². The van der Waals surface area contributed by atoms with Gasteiger partial charge in [0.25, 0.3) is 0 Å². The molecule has 0 spiro atoms. The lowest BCUT2D eigenvalue weighted by Crippen LogP contribution is -2.35. The monoisotopic (exact) mass is 365 g/mol. The van der Waals surface area contributed by atoms with Crippen LogP contribution in [0, 0.1) is 0 Å². The van der Waals surface area contributed by atoms with E-state index in [4.69, 9.17) is 4.74 Å². The average molecular weight is 365 g/mol. The van der Waals surface area contributed by atoms with Gasteiger partial charge in [0.05, 0.1) is 12.5 Å². The Morgan fingerprint density at radius 1 is 1.08 bits per heavy atom. The molecule has 0 aliphatic heterocycles. The standard InChI is InChI=1S/C19H18F3NO3/c20-19(21,22)9-12(24)10-23-18(25)26-11-17-15-7-3-1-5-13(15)14-6-2-4-8-16(14)17/h1-8,12,17,24H,9-11H2,(H,23,25). The molecule has 138 valence electrons. The lowest BCUT2D eigenvalue weighted by molar-refractivity contribution is -0.152. The smallest absolute Gasteiger partial charge is 0.407 e. The third-order valence-electron chi connectivity index (χ3n) is 4.29. The molecule has 2 aromatic rings. The summed E-state index contributed by atoms with van der Waals surface area (Å²) in [5.74, 6) is -0.131. The van der Waals surface area contributed by atoms with Crippen LogP contribution in [0.5, 0.6) is 0 Å². The molecule has 0 bridgehead atoms. The number of aliphatic hydroxyl groups is 1.